The Bertz CT molecular complexity index is 495. The van der Waals surface area contributed by atoms with Crippen LogP contribution in [-0.4, -0.2) is 45.4 Å². The number of thiophene rings is 1. The maximum atomic E-state index is 12.7. The maximum absolute atomic E-state index is 12.7. The minimum absolute atomic E-state index is 0.109. The van der Waals surface area contributed by atoms with Crippen molar-refractivity contribution < 1.29 is 4.79 Å². The standard InChI is InChI=1S/C14H18N2OS3/c17-13-14(3-4-14)15-12(11-2-1-5-20-11)16(13)8-10-9-18-6-7-19-10/h1-2,5,10,12,15H,3-4,6-9H2. The van der Waals surface area contributed by atoms with Gasteiger partial charge in [-0.1, -0.05) is 6.07 Å². The first-order valence-corrected chi connectivity index (χ1v) is 10.2. The van der Waals surface area contributed by atoms with Gasteiger partial charge >= 0.3 is 0 Å². The van der Waals surface area contributed by atoms with E-state index >= 15 is 0 Å². The zero-order chi connectivity index (χ0) is 13.6. The van der Waals surface area contributed by atoms with Crippen LogP contribution in [0.25, 0.3) is 0 Å². The molecular formula is C14H18N2OS3. The molecule has 0 bridgehead atoms. The SMILES string of the molecule is O=C1N(CC2CSCCS2)C(c2cccs2)NC12CC2. The van der Waals surface area contributed by atoms with E-state index in [1.807, 2.05) is 23.5 Å². The summed E-state index contributed by atoms with van der Waals surface area (Å²) in [6.45, 7) is 0.897. The molecular weight excluding hydrogens is 308 g/mol. The minimum atomic E-state index is -0.207. The number of hydrogen-bond donors (Lipinski definition) is 1. The molecule has 0 radical (unpaired) electrons. The van der Waals surface area contributed by atoms with Crippen molar-refractivity contribution in [2.75, 3.05) is 23.8 Å². The summed E-state index contributed by atoms with van der Waals surface area (Å²) in [5.74, 6) is 4.00. The van der Waals surface area contributed by atoms with Gasteiger partial charge in [0.25, 0.3) is 0 Å². The van der Waals surface area contributed by atoms with E-state index in [2.05, 4.69) is 27.7 Å². The van der Waals surface area contributed by atoms with E-state index in [1.54, 1.807) is 11.3 Å². The number of rotatable bonds is 3. The molecule has 6 heteroatoms. The van der Waals surface area contributed by atoms with Crippen LogP contribution < -0.4 is 5.32 Å². The lowest BCUT2D eigenvalue weighted by Gasteiger charge is -2.29. The molecule has 3 nitrogen and oxygen atoms in total. The summed E-state index contributed by atoms with van der Waals surface area (Å²) in [6.07, 6.45) is 2.13. The molecule has 2 unspecified atom stereocenters. The number of nitrogens with one attached hydrogen (secondary N) is 1. The van der Waals surface area contributed by atoms with Crippen LogP contribution in [0.15, 0.2) is 17.5 Å². The van der Waals surface area contributed by atoms with Gasteiger partial charge < -0.3 is 4.90 Å². The molecule has 108 valence electrons. The van der Waals surface area contributed by atoms with Crippen molar-refractivity contribution in [2.45, 2.75) is 29.8 Å². The van der Waals surface area contributed by atoms with Crippen LogP contribution in [0.4, 0.5) is 0 Å². The number of carbonyl (C=O) groups excluding carboxylic acids is 1. The monoisotopic (exact) mass is 326 g/mol. The van der Waals surface area contributed by atoms with Gasteiger partial charge in [0.15, 0.2) is 0 Å². The number of nitrogens with zero attached hydrogens (tertiary/aromatic N) is 1. The van der Waals surface area contributed by atoms with Crippen molar-refractivity contribution in [3.8, 4) is 0 Å². The summed E-state index contributed by atoms with van der Waals surface area (Å²) in [7, 11) is 0. The predicted octanol–water partition coefficient (Wildman–Crippen LogP) is 2.56. The first-order chi connectivity index (χ1) is 9.78. The van der Waals surface area contributed by atoms with E-state index in [9.17, 15) is 4.79 Å². The van der Waals surface area contributed by atoms with E-state index in [4.69, 9.17) is 0 Å². The van der Waals surface area contributed by atoms with Crippen molar-refractivity contribution >= 4 is 40.8 Å². The lowest BCUT2D eigenvalue weighted by molar-refractivity contribution is -0.130. The van der Waals surface area contributed by atoms with Crippen LogP contribution in [0.5, 0.6) is 0 Å². The molecule has 1 aromatic heterocycles. The highest BCUT2D eigenvalue weighted by molar-refractivity contribution is 8.06. The van der Waals surface area contributed by atoms with E-state index < -0.39 is 0 Å². The summed E-state index contributed by atoms with van der Waals surface area (Å²) < 4.78 is 0. The highest BCUT2D eigenvalue weighted by atomic mass is 32.2. The highest BCUT2D eigenvalue weighted by Gasteiger charge is 2.59. The Hall–Kier alpha value is -0.170. The lowest BCUT2D eigenvalue weighted by Crippen LogP contribution is -2.38. The molecule has 3 fully saturated rings. The summed E-state index contributed by atoms with van der Waals surface area (Å²) in [5, 5.41) is 6.30. The Labute approximate surface area is 131 Å². The van der Waals surface area contributed by atoms with Gasteiger partial charge in [-0.05, 0) is 24.3 Å². The van der Waals surface area contributed by atoms with Gasteiger partial charge in [-0.25, -0.2) is 0 Å². The van der Waals surface area contributed by atoms with Gasteiger partial charge in [-0.2, -0.15) is 23.5 Å². The third-order valence-electron chi connectivity index (χ3n) is 4.24. The number of thioether (sulfide) groups is 2. The normalized spacial score (nSPS) is 32.0. The number of carbonyl (C=O) groups is 1. The zero-order valence-corrected chi connectivity index (χ0v) is 13.7. The second-order valence-electron chi connectivity index (χ2n) is 5.67. The third-order valence-corrected chi connectivity index (χ3v) is 7.99. The number of amides is 1. The van der Waals surface area contributed by atoms with Gasteiger partial charge in [-0.3, -0.25) is 10.1 Å². The zero-order valence-electron chi connectivity index (χ0n) is 11.2. The van der Waals surface area contributed by atoms with Gasteiger partial charge in [0.1, 0.15) is 11.7 Å². The molecule has 4 rings (SSSR count). The molecule has 1 saturated carbocycles. The molecule has 0 aromatic carbocycles. The predicted molar refractivity (Wildman–Crippen MR) is 87.4 cm³/mol. The molecule has 2 atom stereocenters. The Morgan fingerprint density at radius 1 is 1.40 bits per heavy atom. The topological polar surface area (TPSA) is 32.3 Å². The molecule has 1 aromatic rings. The maximum Gasteiger partial charge on any atom is 0.244 e. The molecule has 1 spiro atoms. The molecule has 20 heavy (non-hydrogen) atoms. The smallest absolute Gasteiger partial charge is 0.244 e. The third kappa shape index (κ3) is 2.30. The minimum Gasteiger partial charge on any atom is -0.319 e. The average Bonchev–Trinajstić information content (AvgIpc) is 2.96. The van der Waals surface area contributed by atoms with Crippen LogP contribution in [-0.2, 0) is 4.79 Å². The van der Waals surface area contributed by atoms with E-state index in [0.29, 0.717) is 11.2 Å². The molecule has 1 N–H and O–H groups in total. The van der Waals surface area contributed by atoms with E-state index in [0.717, 1.165) is 19.4 Å². The second kappa shape index (κ2) is 5.23. The fourth-order valence-electron chi connectivity index (χ4n) is 3.00. The molecule has 2 aliphatic heterocycles. The Morgan fingerprint density at radius 2 is 2.30 bits per heavy atom. The summed E-state index contributed by atoms with van der Waals surface area (Å²) in [5.41, 5.74) is -0.207. The average molecular weight is 327 g/mol. The van der Waals surface area contributed by atoms with Gasteiger partial charge in [-0.15, -0.1) is 11.3 Å². The van der Waals surface area contributed by atoms with E-state index in [-0.39, 0.29) is 11.7 Å². The number of hydrogen-bond acceptors (Lipinski definition) is 5. The molecule has 1 aliphatic carbocycles. The lowest BCUT2D eigenvalue weighted by atomic mass is 10.2. The first-order valence-electron chi connectivity index (χ1n) is 7.10. The van der Waals surface area contributed by atoms with Crippen molar-refractivity contribution in [1.29, 1.82) is 0 Å². The molecule has 3 heterocycles. The summed E-state index contributed by atoms with van der Waals surface area (Å²) in [4.78, 5) is 16.1. The molecule has 2 saturated heterocycles. The van der Waals surface area contributed by atoms with Gasteiger partial charge in [0.05, 0.1) is 0 Å². The summed E-state index contributed by atoms with van der Waals surface area (Å²) >= 11 is 5.81. The highest BCUT2D eigenvalue weighted by Crippen LogP contribution is 2.47. The van der Waals surface area contributed by atoms with Gasteiger partial charge in [0.2, 0.25) is 5.91 Å². The van der Waals surface area contributed by atoms with Crippen LogP contribution in [0.2, 0.25) is 0 Å². The van der Waals surface area contributed by atoms with E-state index in [1.165, 1.54) is 22.1 Å². The van der Waals surface area contributed by atoms with Crippen molar-refractivity contribution in [2.24, 2.45) is 0 Å². The molecule has 3 aliphatic rings. The van der Waals surface area contributed by atoms with Crippen molar-refractivity contribution in [1.82, 2.24) is 10.2 Å². The Morgan fingerprint density at radius 3 is 2.95 bits per heavy atom. The van der Waals surface area contributed by atoms with Crippen LogP contribution >= 0.6 is 34.9 Å². The molecule has 1 amide bonds. The van der Waals surface area contributed by atoms with Crippen LogP contribution in [0.1, 0.15) is 23.9 Å². The first kappa shape index (κ1) is 13.5. The van der Waals surface area contributed by atoms with Crippen molar-refractivity contribution in [3.05, 3.63) is 22.4 Å². The quantitative estimate of drug-likeness (QED) is 0.925. The second-order valence-corrected chi connectivity index (χ2v) is 9.21. The Balaban J connectivity index is 1.55. The van der Waals surface area contributed by atoms with Crippen molar-refractivity contribution in [3.63, 3.8) is 0 Å². The van der Waals surface area contributed by atoms with Gasteiger partial charge in [0, 0.05) is 33.9 Å². The fourth-order valence-corrected chi connectivity index (χ4v) is 6.45. The summed E-state index contributed by atoms with van der Waals surface area (Å²) in [6, 6.07) is 4.22. The van der Waals surface area contributed by atoms with Crippen LogP contribution in [0, 0.1) is 0 Å². The largest absolute Gasteiger partial charge is 0.319 e. The fraction of sp³-hybridized carbons (Fsp3) is 0.643. The Kier molecular flexibility index (Phi) is 3.53. The van der Waals surface area contributed by atoms with Crippen LogP contribution in [0.3, 0.4) is 0 Å².